The van der Waals surface area contributed by atoms with Crippen LogP contribution in [0.4, 0.5) is 0 Å². The third kappa shape index (κ3) is 3.60. The first kappa shape index (κ1) is 13.7. The van der Waals surface area contributed by atoms with E-state index in [0.717, 1.165) is 19.6 Å². The molecule has 0 radical (unpaired) electrons. The van der Waals surface area contributed by atoms with Gasteiger partial charge in [-0.2, -0.15) is 0 Å². The van der Waals surface area contributed by atoms with Gasteiger partial charge in [0.2, 0.25) is 0 Å². The van der Waals surface area contributed by atoms with Gasteiger partial charge in [-0.1, -0.05) is 39.8 Å². The molecule has 1 heterocycles. The molecule has 0 aliphatic carbocycles. The number of hydrogen-bond acceptors (Lipinski definition) is 2. The van der Waals surface area contributed by atoms with Crippen molar-refractivity contribution in [3.63, 3.8) is 0 Å². The molecule has 0 bridgehead atoms. The first-order valence-corrected chi connectivity index (χ1v) is 6.46. The minimum Gasteiger partial charge on any atom is -0.311 e. The van der Waals surface area contributed by atoms with Crippen LogP contribution in [0.1, 0.15) is 41.0 Å². The van der Waals surface area contributed by atoms with Crippen molar-refractivity contribution in [3.05, 3.63) is 12.2 Å². The number of nitrogens with one attached hydrogen (secondary N) is 1. The van der Waals surface area contributed by atoms with Gasteiger partial charge in [-0.3, -0.25) is 4.90 Å². The Labute approximate surface area is 101 Å². The van der Waals surface area contributed by atoms with Gasteiger partial charge in [0, 0.05) is 31.7 Å². The van der Waals surface area contributed by atoms with Gasteiger partial charge >= 0.3 is 0 Å². The van der Waals surface area contributed by atoms with E-state index >= 15 is 0 Å². The molecule has 2 atom stereocenters. The first-order valence-electron chi connectivity index (χ1n) is 6.46. The molecule has 0 aromatic rings. The lowest BCUT2D eigenvalue weighted by Crippen LogP contribution is -2.60. The van der Waals surface area contributed by atoms with Crippen molar-refractivity contribution in [1.29, 1.82) is 0 Å². The summed E-state index contributed by atoms with van der Waals surface area (Å²) < 4.78 is 0. The average Bonchev–Trinajstić information content (AvgIpc) is 2.15. The summed E-state index contributed by atoms with van der Waals surface area (Å²) in [5, 5.41) is 3.69. The molecular formula is C14H28N2. The van der Waals surface area contributed by atoms with Gasteiger partial charge in [0.1, 0.15) is 0 Å². The van der Waals surface area contributed by atoms with Crippen LogP contribution in [0.15, 0.2) is 12.2 Å². The van der Waals surface area contributed by atoms with E-state index in [1.807, 2.05) is 0 Å². The van der Waals surface area contributed by atoms with Crippen LogP contribution in [0.2, 0.25) is 0 Å². The Hall–Kier alpha value is -0.340. The summed E-state index contributed by atoms with van der Waals surface area (Å²) in [7, 11) is 0. The highest BCUT2D eigenvalue weighted by molar-refractivity contribution is 4.98. The van der Waals surface area contributed by atoms with Crippen LogP contribution in [0.5, 0.6) is 0 Å². The predicted octanol–water partition coefficient (Wildman–Crippen LogP) is 2.66. The average molecular weight is 224 g/mol. The maximum atomic E-state index is 4.04. The van der Waals surface area contributed by atoms with Gasteiger partial charge in [-0.15, -0.1) is 0 Å². The van der Waals surface area contributed by atoms with Crippen molar-refractivity contribution < 1.29 is 0 Å². The smallest absolute Gasteiger partial charge is 0.0244 e. The molecule has 1 rings (SSSR count). The molecule has 1 aliphatic rings. The van der Waals surface area contributed by atoms with Crippen molar-refractivity contribution in [2.24, 2.45) is 5.41 Å². The maximum Gasteiger partial charge on any atom is 0.0244 e. The summed E-state index contributed by atoms with van der Waals surface area (Å²) in [4.78, 5) is 2.59. The van der Waals surface area contributed by atoms with E-state index < -0.39 is 0 Å². The lowest BCUT2D eigenvalue weighted by molar-refractivity contribution is 0.0917. The quantitative estimate of drug-likeness (QED) is 0.741. The molecule has 0 amide bonds. The van der Waals surface area contributed by atoms with E-state index in [-0.39, 0.29) is 0 Å². The maximum absolute atomic E-state index is 4.04. The number of nitrogens with zero attached hydrogens (tertiary/aromatic N) is 1. The van der Waals surface area contributed by atoms with Crippen molar-refractivity contribution in [3.8, 4) is 0 Å². The summed E-state index contributed by atoms with van der Waals surface area (Å²) in [6, 6.07) is 1.27. The molecular weight excluding hydrogens is 196 g/mol. The van der Waals surface area contributed by atoms with E-state index in [1.54, 1.807) is 0 Å². The van der Waals surface area contributed by atoms with Gasteiger partial charge in [0.25, 0.3) is 0 Å². The number of hydrogen-bond donors (Lipinski definition) is 1. The van der Waals surface area contributed by atoms with E-state index in [0.29, 0.717) is 17.5 Å². The fourth-order valence-electron chi connectivity index (χ4n) is 2.38. The Kier molecular flexibility index (Phi) is 4.57. The summed E-state index contributed by atoms with van der Waals surface area (Å²) in [5.74, 6) is 0. The first-order chi connectivity index (χ1) is 7.34. The van der Waals surface area contributed by atoms with E-state index in [4.69, 9.17) is 0 Å². The number of piperazine rings is 1. The van der Waals surface area contributed by atoms with Crippen LogP contribution >= 0.6 is 0 Å². The van der Waals surface area contributed by atoms with E-state index in [2.05, 4.69) is 51.4 Å². The zero-order valence-corrected chi connectivity index (χ0v) is 11.6. The van der Waals surface area contributed by atoms with Crippen LogP contribution in [0, 0.1) is 5.41 Å². The second-order valence-electron chi connectivity index (χ2n) is 6.28. The van der Waals surface area contributed by atoms with Crippen LogP contribution in [-0.2, 0) is 0 Å². The van der Waals surface area contributed by atoms with Crippen molar-refractivity contribution >= 4 is 0 Å². The molecule has 1 N–H and O–H groups in total. The Morgan fingerprint density at radius 2 is 2.06 bits per heavy atom. The minimum atomic E-state index is 0.339. The normalized spacial score (nSPS) is 28.1. The summed E-state index contributed by atoms with van der Waals surface area (Å²) in [6.07, 6.45) is 1.22. The minimum absolute atomic E-state index is 0.339. The third-order valence-electron chi connectivity index (χ3n) is 3.52. The summed E-state index contributed by atoms with van der Waals surface area (Å²) >= 11 is 0. The van der Waals surface area contributed by atoms with Crippen LogP contribution in [-0.4, -0.2) is 36.6 Å². The fraction of sp³-hybridized carbons (Fsp3) is 0.857. The van der Waals surface area contributed by atoms with Crippen LogP contribution in [0.25, 0.3) is 0 Å². The molecule has 94 valence electrons. The standard InChI is InChI=1S/C14H28N2/c1-7-12-8-15-13(14(4,5)6)10-16(12)9-11(2)3/h12-13,15H,2,7-10H2,1,3-6H3. The Morgan fingerprint density at radius 3 is 2.50 bits per heavy atom. The van der Waals surface area contributed by atoms with Crippen molar-refractivity contribution in [2.45, 2.75) is 53.1 Å². The Balaban J connectivity index is 2.65. The Bertz CT molecular complexity index is 240. The largest absolute Gasteiger partial charge is 0.311 e. The second kappa shape index (κ2) is 5.33. The van der Waals surface area contributed by atoms with Gasteiger partial charge < -0.3 is 5.32 Å². The second-order valence-corrected chi connectivity index (χ2v) is 6.28. The van der Waals surface area contributed by atoms with E-state index in [9.17, 15) is 0 Å². The molecule has 16 heavy (non-hydrogen) atoms. The molecule has 2 nitrogen and oxygen atoms in total. The molecule has 0 saturated carbocycles. The van der Waals surface area contributed by atoms with Crippen molar-refractivity contribution in [1.82, 2.24) is 10.2 Å². The van der Waals surface area contributed by atoms with Crippen LogP contribution in [0.3, 0.4) is 0 Å². The Morgan fingerprint density at radius 1 is 1.44 bits per heavy atom. The highest BCUT2D eigenvalue weighted by atomic mass is 15.2. The van der Waals surface area contributed by atoms with E-state index in [1.165, 1.54) is 12.0 Å². The van der Waals surface area contributed by atoms with Gasteiger partial charge in [-0.25, -0.2) is 0 Å². The monoisotopic (exact) mass is 224 g/mol. The predicted molar refractivity (Wildman–Crippen MR) is 71.7 cm³/mol. The zero-order chi connectivity index (χ0) is 12.3. The molecule has 0 aromatic heterocycles. The van der Waals surface area contributed by atoms with Gasteiger partial charge in [0.15, 0.2) is 0 Å². The van der Waals surface area contributed by atoms with Crippen molar-refractivity contribution in [2.75, 3.05) is 19.6 Å². The molecule has 1 fully saturated rings. The molecule has 1 aliphatic heterocycles. The fourth-order valence-corrected chi connectivity index (χ4v) is 2.38. The summed E-state index contributed by atoms with van der Waals surface area (Å²) in [5.41, 5.74) is 1.61. The SMILES string of the molecule is C=C(C)CN1CC(C(C)(C)C)NCC1CC. The lowest BCUT2D eigenvalue weighted by atomic mass is 9.84. The molecule has 2 unspecified atom stereocenters. The molecule has 0 spiro atoms. The molecule has 2 heteroatoms. The third-order valence-corrected chi connectivity index (χ3v) is 3.52. The molecule has 0 aromatic carbocycles. The van der Waals surface area contributed by atoms with Crippen LogP contribution < -0.4 is 5.32 Å². The van der Waals surface area contributed by atoms with Gasteiger partial charge in [-0.05, 0) is 18.8 Å². The summed E-state index contributed by atoms with van der Waals surface area (Å²) in [6.45, 7) is 18.7. The lowest BCUT2D eigenvalue weighted by Gasteiger charge is -2.45. The highest BCUT2D eigenvalue weighted by Gasteiger charge is 2.32. The number of rotatable bonds is 3. The van der Waals surface area contributed by atoms with Gasteiger partial charge in [0.05, 0.1) is 0 Å². The topological polar surface area (TPSA) is 15.3 Å². The highest BCUT2D eigenvalue weighted by Crippen LogP contribution is 2.24. The molecule has 1 saturated heterocycles. The zero-order valence-electron chi connectivity index (χ0n) is 11.6.